The van der Waals surface area contributed by atoms with Crippen molar-refractivity contribution < 1.29 is 8.42 Å². The normalized spacial score (nSPS) is 12.4. The van der Waals surface area contributed by atoms with Crippen LogP contribution < -0.4 is 0 Å². The molecule has 1 aromatic heterocycles. The van der Waals surface area contributed by atoms with Crippen LogP contribution in [-0.2, 0) is 15.5 Å². The summed E-state index contributed by atoms with van der Waals surface area (Å²) in [4.78, 5) is -0.0676. The molecule has 0 fully saturated rings. The number of hydrogen-bond donors (Lipinski definition) is 0. The summed E-state index contributed by atoms with van der Waals surface area (Å²) in [7, 11) is 1.47. The second-order valence-electron chi connectivity index (χ2n) is 3.40. The van der Waals surface area contributed by atoms with Gasteiger partial charge in [0.2, 0.25) is 0 Å². The summed E-state index contributed by atoms with van der Waals surface area (Å²) >= 11 is 5.92. The van der Waals surface area contributed by atoms with Crippen LogP contribution in [0.25, 0.3) is 0 Å². The molecule has 86 valence electrons. The standard InChI is InChI=1S/C8H12Cl2N2O2S/c1-4-6-7(15(10,13)14)8(9)12(11-6)5(2)3/h5H,4H2,1-3H3. The molecule has 1 heterocycles. The van der Waals surface area contributed by atoms with E-state index in [9.17, 15) is 8.42 Å². The van der Waals surface area contributed by atoms with Crippen molar-refractivity contribution >= 4 is 31.3 Å². The molecule has 0 aliphatic rings. The lowest BCUT2D eigenvalue weighted by molar-refractivity contribution is 0.527. The van der Waals surface area contributed by atoms with Gasteiger partial charge in [-0.15, -0.1) is 0 Å². The SMILES string of the molecule is CCc1nn(C(C)C)c(Cl)c1S(=O)(=O)Cl. The molecule has 4 nitrogen and oxygen atoms in total. The number of nitrogens with zero attached hydrogens (tertiary/aromatic N) is 2. The zero-order valence-electron chi connectivity index (χ0n) is 8.66. The van der Waals surface area contributed by atoms with Crippen molar-refractivity contribution in [3.63, 3.8) is 0 Å². The highest BCUT2D eigenvalue weighted by molar-refractivity contribution is 8.13. The van der Waals surface area contributed by atoms with Gasteiger partial charge in [-0.2, -0.15) is 5.10 Å². The molecule has 0 aliphatic heterocycles. The lowest BCUT2D eigenvalue weighted by Crippen LogP contribution is -2.03. The van der Waals surface area contributed by atoms with Crippen LogP contribution in [0.3, 0.4) is 0 Å². The number of hydrogen-bond acceptors (Lipinski definition) is 3. The maximum absolute atomic E-state index is 11.3. The van der Waals surface area contributed by atoms with Crippen molar-refractivity contribution in [1.29, 1.82) is 0 Å². The van der Waals surface area contributed by atoms with Crippen LogP contribution in [-0.4, -0.2) is 18.2 Å². The number of aryl methyl sites for hydroxylation is 1. The zero-order chi connectivity index (χ0) is 11.8. The lowest BCUT2D eigenvalue weighted by Gasteiger charge is -2.05. The molecule has 0 atom stereocenters. The first-order valence-electron chi connectivity index (χ1n) is 4.50. The van der Waals surface area contributed by atoms with E-state index in [2.05, 4.69) is 5.10 Å². The molecule has 1 rings (SSSR count). The van der Waals surface area contributed by atoms with Crippen LogP contribution in [0.1, 0.15) is 32.5 Å². The predicted molar refractivity (Wildman–Crippen MR) is 60.0 cm³/mol. The van der Waals surface area contributed by atoms with Crippen LogP contribution in [0.15, 0.2) is 4.90 Å². The minimum atomic E-state index is -3.83. The van der Waals surface area contributed by atoms with Gasteiger partial charge in [0.05, 0.1) is 5.69 Å². The van der Waals surface area contributed by atoms with Gasteiger partial charge >= 0.3 is 0 Å². The van der Waals surface area contributed by atoms with Crippen molar-refractivity contribution in [2.75, 3.05) is 0 Å². The Kier molecular flexibility index (Phi) is 3.68. The summed E-state index contributed by atoms with van der Waals surface area (Å²) in [5, 5.41) is 4.20. The fourth-order valence-corrected chi connectivity index (χ4v) is 3.27. The third-order valence-electron chi connectivity index (χ3n) is 1.95. The minimum Gasteiger partial charge on any atom is -0.250 e. The fraction of sp³-hybridized carbons (Fsp3) is 0.625. The van der Waals surface area contributed by atoms with Crippen LogP contribution in [0.5, 0.6) is 0 Å². The molecule has 0 bridgehead atoms. The topological polar surface area (TPSA) is 52.0 Å². The van der Waals surface area contributed by atoms with Crippen molar-refractivity contribution in [2.45, 2.75) is 38.1 Å². The Morgan fingerprint density at radius 3 is 2.27 bits per heavy atom. The van der Waals surface area contributed by atoms with Crippen LogP contribution in [0, 0.1) is 0 Å². The predicted octanol–water partition coefficient (Wildman–Crippen LogP) is 2.61. The van der Waals surface area contributed by atoms with E-state index in [1.165, 1.54) is 4.68 Å². The Morgan fingerprint density at radius 1 is 1.47 bits per heavy atom. The number of halogens is 2. The summed E-state index contributed by atoms with van der Waals surface area (Å²) in [6.07, 6.45) is 0.473. The molecule has 0 saturated carbocycles. The fourth-order valence-electron chi connectivity index (χ4n) is 1.26. The van der Waals surface area contributed by atoms with Crippen LogP contribution in [0.2, 0.25) is 5.15 Å². The molecule has 15 heavy (non-hydrogen) atoms. The molecule has 1 aromatic rings. The van der Waals surface area contributed by atoms with E-state index < -0.39 is 9.05 Å². The Bertz CT molecular complexity index is 465. The molecule has 0 radical (unpaired) electrons. The monoisotopic (exact) mass is 270 g/mol. The minimum absolute atomic E-state index is 0.00466. The molecule has 0 saturated heterocycles. The Morgan fingerprint density at radius 2 is 2.00 bits per heavy atom. The molecule has 7 heteroatoms. The highest BCUT2D eigenvalue weighted by Crippen LogP contribution is 2.30. The Labute approximate surface area is 98.6 Å². The van der Waals surface area contributed by atoms with E-state index in [0.717, 1.165) is 0 Å². The Hall–Kier alpha value is -0.260. The summed E-state index contributed by atoms with van der Waals surface area (Å²) in [5.41, 5.74) is 0.406. The van der Waals surface area contributed by atoms with E-state index in [4.69, 9.17) is 22.3 Å². The highest BCUT2D eigenvalue weighted by atomic mass is 35.7. The van der Waals surface area contributed by atoms with Gasteiger partial charge in [0, 0.05) is 16.7 Å². The van der Waals surface area contributed by atoms with E-state index in [-0.39, 0.29) is 16.1 Å². The average molecular weight is 271 g/mol. The first kappa shape index (κ1) is 12.8. The smallest absolute Gasteiger partial charge is 0.250 e. The van der Waals surface area contributed by atoms with Gasteiger partial charge in [-0.1, -0.05) is 18.5 Å². The Balaban J connectivity index is 3.51. The van der Waals surface area contributed by atoms with Gasteiger partial charge in [-0.3, -0.25) is 0 Å². The summed E-state index contributed by atoms with van der Waals surface area (Å²) in [6, 6.07) is -0.00466. The highest BCUT2D eigenvalue weighted by Gasteiger charge is 2.26. The molecule has 0 amide bonds. The third kappa shape index (κ3) is 2.46. The summed E-state index contributed by atoms with van der Waals surface area (Å²) in [6.45, 7) is 5.53. The van der Waals surface area contributed by atoms with Crippen LogP contribution >= 0.6 is 22.3 Å². The maximum atomic E-state index is 11.3. The van der Waals surface area contributed by atoms with Crippen molar-refractivity contribution in [2.24, 2.45) is 0 Å². The third-order valence-corrected chi connectivity index (χ3v) is 3.80. The second-order valence-corrected chi connectivity index (χ2v) is 6.26. The van der Waals surface area contributed by atoms with Gasteiger partial charge in [0.25, 0.3) is 9.05 Å². The maximum Gasteiger partial charge on any atom is 0.266 e. The van der Waals surface area contributed by atoms with Gasteiger partial charge < -0.3 is 0 Å². The number of rotatable bonds is 3. The van der Waals surface area contributed by atoms with E-state index in [1.807, 2.05) is 13.8 Å². The molecule has 0 N–H and O–H groups in total. The molecular formula is C8H12Cl2N2O2S. The molecule has 0 spiro atoms. The van der Waals surface area contributed by atoms with Crippen LogP contribution in [0.4, 0.5) is 0 Å². The second kappa shape index (κ2) is 4.31. The van der Waals surface area contributed by atoms with E-state index in [1.54, 1.807) is 6.92 Å². The lowest BCUT2D eigenvalue weighted by atomic mass is 10.3. The number of aromatic nitrogens is 2. The quantitative estimate of drug-likeness (QED) is 0.794. The molecular weight excluding hydrogens is 259 g/mol. The van der Waals surface area contributed by atoms with Crippen molar-refractivity contribution in [1.82, 2.24) is 9.78 Å². The zero-order valence-corrected chi connectivity index (χ0v) is 11.0. The van der Waals surface area contributed by atoms with Gasteiger partial charge in [0.15, 0.2) is 0 Å². The molecule has 0 aromatic carbocycles. The van der Waals surface area contributed by atoms with Crippen molar-refractivity contribution in [3.8, 4) is 0 Å². The average Bonchev–Trinajstić information content (AvgIpc) is 2.41. The molecule has 0 unspecified atom stereocenters. The summed E-state index contributed by atoms with van der Waals surface area (Å²) in [5.74, 6) is 0. The van der Waals surface area contributed by atoms with Gasteiger partial charge in [-0.05, 0) is 20.3 Å². The van der Waals surface area contributed by atoms with Crippen molar-refractivity contribution in [3.05, 3.63) is 10.8 Å². The summed E-state index contributed by atoms with van der Waals surface area (Å²) < 4.78 is 24.0. The van der Waals surface area contributed by atoms with Gasteiger partial charge in [0.1, 0.15) is 10.0 Å². The van der Waals surface area contributed by atoms with E-state index in [0.29, 0.717) is 12.1 Å². The molecule has 0 aliphatic carbocycles. The largest absolute Gasteiger partial charge is 0.266 e. The van der Waals surface area contributed by atoms with E-state index >= 15 is 0 Å². The first-order chi connectivity index (χ1) is 6.79. The van der Waals surface area contributed by atoms with Gasteiger partial charge in [-0.25, -0.2) is 13.1 Å². The first-order valence-corrected chi connectivity index (χ1v) is 7.19.